The minimum absolute atomic E-state index is 0.148. The van der Waals surface area contributed by atoms with Crippen LogP contribution in [-0.2, 0) is 0 Å². The average Bonchev–Trinajstić information content (AvgIpc) is 2.71. The van der Waals surface area contributed by atoms with Gasteiger partial charge >= 0.3 is 0 Å². The Labute approximate surface area is 109 Å². The Balaban J connectivity index is 1.78. The standard InChI is InChI=1S/C14H23N3O/c1-9(15-2)13-16-17-14(18-13)12(10-5-3-6-10)11-7-4-8-11/h9-12,15H,3-8H2,1-2H3. The zero-order valence-electron chi connectivity index (χ0n) is 11.4. The second-order valence-electron chi connectivity index (χ2n) is 5.90. The van der Waals surface area contributed by atoms with Gasteiger partial charge in [0.15, 0.2) is 0 Å². The fraction of sp³-hybridized carbons (Fsp3) is 0.857. The highest BCUT2D eigenvalue weighted by Crippen LogP contribution is 2.49. The van der Waals surface area contributed by atoms with Crippen molar-refractivity contribution in [3.05, 3.63) is 11.8 Å². The summed E-state index contributed by atoms with van der Waals surface area (Å²) in [5, 5.41) is 11.7. The Hall–Kier alpha value is -0.900. The topological polar surface area (TPSA) is 51.0 Å². The van der Waals surface area contributed by atoms with Crippen molar-refractivity contribution in [3.63, 3.8) is 0 Å². The molecule has 1 unspecified atom stereocenters. The minimum atomic E-state index is 0.148. The third-order valence-corrected chi connectivity index (χ3v) is 4.86. The number of nitrogens with zero attached hydrogens (tertiary/aromatic N) is 2. The summed E-state index contributed by atoms with van der Waals surface area (Å²) < 4.78 is 5.93. The Bertz CT molecular complexity index is 381. The smallest absolute Gasteiger partial charge is 0.233 e. The van der Waals surface area contributed by atoms with Crippen LogP contribution in [0.5, 0.6) is 0 Å². The van der Waals surface area contributed by atoms with Crippen LogP contribution < -0.4 is 5.32 Å². The van der Waals surface area contributed by atoms with E-state index in [4.69, 9.17) is 4.42 Å². The first-order chi connectivity index (χ1) is 8.79. The first-order valence-corrected chi connectivity index (χ1v) is 7.30. The normalized spacial score (nSPS) is 22.8. The van der Waals surface area contributed by atoms with Crippen molar-refractivity contribution in [2.24, 2.45) is 11.8 Å². The lowest BCUT2D eigenvalue weighted by Crippen LogP contribution is -2.30. The van der Waals surface area contributed by atoms with Gasteiger partial charge in [-0.2, -0.15) is 0 Å². The molecule has 2 fully saturated rings. The van der Waals surface area contributed by atoms with Gasteiger partial charge in [-0.05, 0) is 51.5 Å². The highest BCUT2D eigenvalue weighted by Gasteiger charge is 2.40. The highest BCUT2D eigenvalue weighted by molar-refractivity contribution is 5.03. The zero-order chi connectivity index (χ0) is 12.5. The summed E-state index contributed by atoms with van der Waals surface area (Å²) in [6.45, 7) is 2.05. The van der Waals surface area contributed by atoms with Crippen LogP contribution in [0, 0.1) is 11.8 Å². The highest BCUT2D eigenvalue weighted by atomic mass is 16.4. The van der Waals surface area contributed by atoms with Crippen LogP contribution in [0.1, 0.15) is 69.2 Å². The summed E-state index contributed by atoms with van der Waals surface area (Å²) in [5.41, 5.74) is 0. The van der Waals surface area contributed by atoms with Crippen LogP contribution in [0.25, 0.3) is 0 Å². The number of aromatic nitrogens is 2. The number of rotatable bonds is 5. The van der Waals surface area contributed by atoms with Gasteiger partial charge in [-0.25, -0.2) is 0 Å². The third kappa shape index (κ3) is 2.07. The molecule has 2 saturated carbocycles. The van der Waals surface area contributed by atoms with Crippen LogP contribution in [0.2, 0.25) is 0 Å². The minimum Gasteiger partial charge on any atom is -0.423 e. The van der Waals surface area contributed by atoms with E-state index in [1.807, 2.05) is 7.05 Å². The number of hydrogen-bond donors (Lipinski definition) is 1. The van der Waals surface area contributed by atoms with E-state index in [0.29, 0.717) is 5.92 Å². The summed E-state index contributed by atoms with van der Waals surface area (Å²) in [6.07, 6.45) is 8.14. The predicted octanol–water partition coefficient (Wildman–Crippen LogP) is 3.03. The van der Waals surface area contributed by atoms with Crippen molar-refractivity contribution < 1.29 is 4.42 Å². The van der Waals surface area contributed by atoms with Crippen LogP contribution in [-0.4, -0.2) is 17.2 Å². The van der Waals surface area contributed by atoms with Gasteiger partial charge in [0.25, 0.3) is 0 Å². The first kappa shape index (κ1) is 12.2. The molecule has 4 nitrogen and oxygen atoms in total. The summed E-state index contributed by atoms with van der Waals surface area (Å²) in [4.78, 5) is 0. The Morgan fingerprint density at radius 3 is 2.06 bits per heavy atom. The largest absolute Gasteiger partial charge is 0.423 e. The summed E-state index contributed by atoms with van der Waals surface area (Å²) in [7, 11) is 1.92. The van der Waals surface area contributed by atoms with Crippen molar-refractivity contribution in [1.29, 1.82) is 0 Å². The van der Waals surface area contributed by atoms with E-state index >= 15 is 0 Å². The van der Waals surface area contributed by atoms with Gasteiger partial charge in [0.1, 0.15) is 0 Å². The fourth-order valence-electron chi connectivity index (χ4n) is 3.07. The molecule has 2 aliphatic rings. The molecule has 1 aromatic heterocycles. The predicted molar refractivity (Wildman–Crippen MR) is 69.2 cm³/mol. The molecule has 1 N–H and O–H groups in total. The van der Waals surface area contributed by atoms with Gasteiger partial charge in [0.05, 0.1) is 6.04 Å². The summed E-state index contributed by atoms with van der Waals surface area (Å²) in [6, 6.07) is 0.148. The van der Waals surface area contributed by atoms with E-state index in [1.165, 1.54) is 38.5 Å². The van der Waals surface area contributed by atoms with Crippen molar-refractivity contribution >= 4 is 0 Å². The van der Waals surface area contributed by atoms with E-state index < -0.39 is 0 Å². The quantitative estimate of drug-likeness (QED) is 0.871. The van der Waals surface area contributed by atoms with E-state index in [-0.39, 0.29) is 6.04 Å². The Morgan fingerprint density at radius 1 is 1.06 bits per heavy atom. The summed E-state index contributed by atoms with van der Waals surface area (Å²) >= 11 is 0. The molecule has 1 aromatic rings. The fourth-order valence-corrected chi connectivity index (χ4v) is 3.07. The Kier molecular flexibility index (Phi) is 3.37. The molecule has 0 spiro atoms. The monoisotopic (exact) mass is 249 g/mol. The maximum Gasteiger partial charge on any atom is 0.233 e. The van der Waals surface area contributed by atoms with Crippen molar-refractivity contribution in [3.8, 4) is 0 Å². The Morgan fingerprint density at radius 2 is 1.61 bits per heavy atom. The van der Waals surface area contributed by atoms with Crippen molar-refractivity contribution in [2.75, 3.05) is 7.05 Å². The number of hydrogen-bond acceptors (Lipinski definition) is 4. The van der Waals surface area contributed by atoms with Gasteiger partial charge in [-0.1, -0.05) is 12.8 Å². The molecule has 100 valence electrons. The van der Waals surface area contributed by atoms with E-state index in [1.54, 1.807) is 0 Å². The molecule has 0 amide bonds. The van der Waals surface area contributed by atoms with Crippen LogP contribution in [0.15, 0.2) is 4.42 Å². The lowest BCUT2D eigenvalue weighted by molar-refractivity contribution is 0.126. The van der Waals surface area contributed by atoms with Crippen LogP contribution >= 0.6 is 0 Å². The SMILES string of the molecule is CNC(C)c1nnc(C(C2CCC2)C2CCC2)o1. The van der Waals surface area contributed by atoms with E-state index in [2.05, 4.69) is 22.4 Å². The lowest BCUT2D eigenvalue weighted by atomic mass is 9.64. The lowest BCUT2D eigenvalue weighted by Gasteiger charge is -2.40. The molecule has 1 atom stereocenters. The molecule has 0 bridgehead atoms. The van der Waals surface area contributed by atoms with Crippen LogP contribution in [0.4, 0.5) is 0 Å². The van der Waals surface area contributed by atoms with Gasteiger partial charge in [0, 0.05) is 5.92 Å². The third-order valence-electron chi connectivity index (χ3n) is 4.86. The molecule has 0 saturated heterocycles. The van der Waals surface area contributed by atoms with Gasteiger partial charge in [0.2, 0.25) is 11.8 Å². The van der Waals surface area contributed by atoms with Gasteiger partial charge in [-0.15, -0.1) is 10.2 Å². The van der Waals surface area contributed by atoms with Gasteiger partial charge < -0.3 is 9.73 Å². The molecular weight excluding hydrogens is 226 g/mol. The average molecular weight is 249 g/mol. The zero-order valence-corrected chi connectivity index (χ0v) is 11.4. The molecule has 0 radical (unpaired) electrons. The maximum absolute atomic E-state index is 5.93. The summed E-state index contributed by atoms with van der Waals surface area (Å²) in [5.74, 6) is 3.78. The number of nitrogens with one attached hydrogen (secondary N) is 1. The van der Waals surface area contributed by atoms with Crippen LogP contribution in [0.3, 0.4) is 0 Å². The van der Waals surface area contributed by atoms with Gasteiger partial charge in [-0.3, -0.25) is 0 Å². The first-order valence-electron chi connectivity index (χ1n) is 7.30. The molecule has 1 heterocycles. The maximum atomic E-state index is 5.93. The molecule has 0 aliphatic heterocycles. The second-order valence-corrected chi connectivity index (χ2v) is 5.90. The molecule has 2 aliphatic carbocycles. The molecule has 18 heavy (non-hydrogen) atoms. The second kappa shape index (κ2) is 5.00. The molecular formula is C14H23N3O. The van der Waals surface area contributed by atoms with E-state index in [0.717, 1.165) is 23.6 Å². The molecule has 3 rings (SSSR count). The molecule has 0 aromatic carbocycles. The van der Waals surface area contributed by atoms with Crippen molar-refractivity contribution in [2.45, 2.75) is 57.4 Å². The molecule has 4 heteroatoms. The van der Waals surface area contributed by atoms with Crippen molar-refractivity contribution in [1.82, 2.24) is 15.5 Å². The van der Waals surface area contributed by atoms with E-state index in [9.17, 15) is 0 Å².